The first-order chi connectivity index (χ1) is 8.31. The molecule has 4 unspecified atom stereocenters. The topological polar surface area (TPSA) is 26.3 Å². The van der Waals surface area contributed by atoms with Crippen LogP contribution < -0.4 is 0 Å². The average Bonchev–Trinajstić information content (AvgIpc) is 2.35. The maximum atomic E-state index is 11.4. The zero-order valence-electron chi connectivity index (χ0n) is 13.4. The van der Waals surface area contributed by atoms with Gasteiger partial charge in [-0.05, 0) is 24.7 Å². The number of ether oxygens (including phenoxy) is 1. The lowest BCUT2D eigenvalue weighted by molar-refractivity contribution is -0.157. The van der Waals surface area contributed by atoms with Gasteiger partial charge in [0.2, 0.25) is 0 Å². The van der Waals surface area contributed by atoms with Crippen LogP contribution in [0, 0.1) is 17.3 Å². The van der Waals surface area contributed by atoms with Gasteiger partial charge in [-0.1, -0.05) is 54.4 Å². The van der Waals surface area contributed by atoms with Gasteiger partial charge < -0.3 is 4.74 Å². The quantitative estimate of drug-likeness (QED) is 0.582. The lowest BCUT2D eigenvalue weighted by Gasteiger charge is -2.42. The normalized spacial score (nSPS) is 19.7. The van der Waals surface area contributed by atoms with Crippen molar-refractivity contribution in [1.29, 1.82) is 0 Å². The largest absolute Gasteiger partial charge is 0.462 e. The molecule has 0 bridgehead atoms. The van der Waals surface area contributed by atoms with Crippen LogP contribution >= 0.6 is 0 Å². The molecule has 2 heteroatoms. The third-order valence-corrected chi connectivity index (χ3v) is 4.86. The first-order valence-corrected chi connectivity index (χ1v) is 7.48. The summed E-state index contributed by atoms with van der Waals surface area (Å²) in [6.45, 7) is 14.9. The van der Waals surface area contributed by atoms with E-state index in [1.54, 1.807) is 0 Å². The molecule has 0 spiro atoms. The second-order valence-electron chi connectivity index (χ2n) is 6.02. The van der Waals surface area contributed by atoms with E-state index in [0.29, 0.717) is 11.8 Å². The Morgan fingerprint density at radius 2 is 1.72 bits per heavy atom. The average molecular weight is 256 g/mol. The van der Waals surface area contributed by atoms with Crippen molar-refractivity contribution in [1.82, 2.24) is 0 Å². The van der Waals surface area contributed by atoms with Gasteiger partial charge in [-0.3, -0.25) is 4.79 Å². The molecule has 0 rings (SSSR count). The van der Waals surface area contributed by atoms with Crippen molar-refractivity contribution in [2.75, 3.05) is 0 Å². The molecule has 0 fully saturated rings. The minimum Gasteiger partial charge on any atom is -0.462 e. The number of hydrogen-bond donors (Lipinski definition) is 0. The van der Waals surface area contributed by atoms with Crippen molar-refractivity contribution in [3.8, 4) is 0 Å². The summed E-state index contributed by atoms with van der Waals surface area (Å²) in [4.78, 5) is 11.4. The second kappa shape index (κ2) is 7.81. The van der Waals surface area contributed by atoms with Crippen LogP contribution in [0.15, 0.2) is 0 Å². The Morgan fingerprint density at radius 3 is 2.06 bits per heavy atom. The molecular weight excluding hydrogens is 224 g/mol. The highest BCUT2D eigenvalue weighted by Gasteiger charge is 2.39. The molecule has 4 atom stereocenters. The highest BCUT2D eigenvalue weighted by molar-refractivity contribution is 5.66. The van der Waals surface area contributed by atoms with Gasteiger partial charge in [0.1, 0.15) is 6.10 Å². The van der Waals surface area contributed by atoms with E-state index in [1.807, 2.05) is 0 Å². The van der Waals surface area contributed by atoms with E-state index >= 15 is 0 Å². The number of esters is 1. The van der Waals surface area contributed by atoms with Crippen LogP contribution in [0.4, 0.5) is 0 Å². The van der Waals surface area contributed by atoms with Gasteiger partial charge in [0.05, 0.1) is 0 Å². The Morgan fingerprint density at radius 1 is 1.17 bits per heavy atom. The predicted molar refractivity (Wildman–Crippen MR) is 77.5 cm³/mol. The lowest BCUT2D eigenvalue weighted by atomic mass is 9.68. The van der Waals surface area contributed by atoms with Crippen molar-refractivity contribution in [3.05, 3.63) is 0 Å². The summed E-state index contributed by atoms with van der Waals surface area (Å²) >= 11 is 0. The van der Waals surface area contributed by atoms with Crippen LogP contribution in [0.5, 0.6) is 0 Å². The third-order valence-electron chi connectivity index (χ3n) is 4.86. The number of carbonyl (C=O) groups excluding carboxylic acids is 1. The molecule has 0 radical (unpaired) electrons. The smallest absolute Gasteiger partial charge is 0.302 e. The molecule has 0 heterocycles. The van der Waals surface area contributed by atoms with Crippen LogP contribution in [-0.2, 0) is 9.53 Å². The molecule has 0 aliphatic carbocycles. The fraction of sp³-hybridized carbons (Fsp3) is 0.938. The Labute approximate surface area is 113 Å². The summed E-state index contributed by atoms with van der Waals surface area (Å²) in [5.74, 6) is 1.02. The standard InChI is InChI=1S/C16H32O2/c1-8-12(4)11-15(18-14(6)17)16(7,10-3)13(5)9-2/h12-13,15H,8-11H2,1-7H3. The molecule has 0 aromatic carbocycles. The SMILES string of the molecule is CCC(C)CC(OC(C)=O)C(C)(CC)C(C)CC. The molecule has 0 amide bonds. The Kier molecular flexibility index (Phi) is 7.58. The van der Waals surface area contributed by atoms with Crippen LogP contribution in [0.2, 0.25) is 0 Å². The highest BCUT2D eigenvalue weighted by Crippen LogP contribution is 2.41. The summed E-state index contributed by atoms with van der Waals surface area (Å²) in [5, 5.41) is 0. The van der Waals surface area contributed by atoms with E-state index in [0.717, 1.165) is 25.7 Å². The van der Waals surface area contributed by atoms with Crippen LogP contribution in [0.25, 0.3) is 0 Å². The molecule has 2 nitrogen and oxygen atoms in total. The van der Waals surface area contributed by atoms with Crippen molar-refractivity contribution < 1.29 is 9.53 Å². The summed E-state index contributed by atoms with van der Waals surface area (Å²) in [7, 11) is 0. The second-order valence-corrected chi connectivity index (χ2v) is 6.02. The van der Waals surface area contributed by atoms with Gasteiger partial charge >= 0.3 is 5.97 Å². The summed E-state index contributed by atoms with van der Waals surface area (Å²) in [5.41, 5.74) is 0.0872. The Bertz CT molecular complexity index is 249. The predicted octanol–water partition coefficient (Wildman–Crippen LogP) is 4.82. The zero-order chi connectivity index (χ0) is 14.3. The highest BCUT2D eigenvalue weighted by atomic mass is 16.5. The molecule has 0 N–H and O–H groups in total. The molecule has 108 valence electrons. The van der Waals surface area contributed by atoms with Gasteiger partial charge in [-0.15, -0.1) is 0 Å². The minimum absolute atomic E-state index is 0.0462. The fourth-order valence-electron chi connectivity index (χ4n) is 2.54. The van der Waals surface area contributed by atoms with E-state index in [2.05, 4.69) is 41.5 Å². The van der Waals surface area contributed by atoms with E-state index in [1.165, 1.54) is 6.92 Å². The Balaban J connectivity index is 5.04. The van der Waals surface area contributed by atoms with Crippen LogP contribution in [0.1, 0.15) is 74.1 Å². The first kappa shape index (κ1) is 17.5. The molecule has 18 heavy (non-hydrogen) atoms. The lowest BCUT2D eigenvalue weighted by Crippen LogP contribution is -2.41. The van der Waals surface area contributed by atoms with Crippen molar-refractivity contribution in [2.45, 2.75) is 80.3 Å². The number of rotatable bonds is 8. The molecular formula is C16H32O2. The molecule has 0 aliphatic rings. The molecule has 0 saturated carbocycles. The zero-order valence-corrected chi connectivity index (χ0v) is 13.4. The maximum Gasteiger partial charge on any atom is 0.302 e. The molecule has 0 saturated heterocycles. The third kappa shape index (κ3) is 4.62. The summed E-state index contributed by atoms with van der Waals surface area (Å²) in [6, 6.07) is 0. The monoisotopic (exact) mass is 256 g/mol. The minimum atomic E-state index is -0.147. The Hall–Kier alpha value is -0.530. The molecule has 0 aromatic heterocycles. The maximum absolute atomic E-state index is 11.4. The fourth-order valence-corrected chi connectivity index (χ4v) is 2.54. The van der Waals surface area contributed by atoms with Gasteiger partial charge in [-0.2, -0.15) is 0 Å². The van der Waals surface area contributed by atoms with E-state index in [4.69, 9.17) is 4.74 Å². The van der Waals surface area contributed by atoms with Crippen LogP contribution in [-0.4, -0.2) is 12.1 Å². The van der Waals surface area contributed by atoms with Crippen molar-refractivity contribution >= 4 is 5.97 Å². The number of hydrogen-bond acceptors (Lipinski definition) is 2. The van der Waals surface area contributed by atoms with Gasteiger partial charge in [0.15, 0.2) is 0 Å². The van der Waals surface area contributed by atoms with Crippen molar-refractivity contribution in [3.63, 3.8) is 0 Å². The van der Waals surface area contributed by atoms with E-state index in [-0.39, 0.29) is 17.5 Å². The summed E-state index contributed by atoms with van der Waals surface area (Å²) in [6.07, 6.45) is 4.34. The van der Waals surface area contributed by atoms with Gasteiger partial charge in [0, 0.05) is 12.3 Å². The van der Waals surface area contributed by atoms with E-state index < -0.39 is 0 Å². The van der Waals surface area contributed by atoms with E-state index in [9.17, 15) is 4.79 Å². The molecule has 0 aromatic rings. The first-order valence-electron chi connectivity index (χ1n) is 7.48. The summed E-state index contributed by atoms with van der Waals surface area (Å²) < 4.78 is 5.66. The van der Waals surface area contributed by atoms with Crippen LogP contribution in [0.3, 0.4) is 0 Å². The van der Waals surface area contributed by atoms with Crippen molar-refractivity contribution in [2.24, 2.45) is 17.3 Å². The molecule has 0 aliphatic heterocycles. The van der Waals surface area contributed by atoms with Gasteiger partial charge in [-0.25, -0.2) is 0 Å². The number of carbonyl (C=O) groups is 1. The van der Waals surface area contributed by atoms with Gasteiger partial charge in [0.25, 0.3) is 0 Å².